The van der Waals surface area contributed by atoms with Crippen LogP contribution < -0.4 is 9.47 Å². The molecule has 0 bridgehead atoms. The normalized spacial score (nSPS) is 10.2. The summed E-state index contributed by atoms with van der Waals surface area (Å²) in [5.41, 5.74) is 0.778. The number of esters is 2. The summed E-state index contributed by atoms with van der Waals surface area (Å²) in [5.74, 6) is 0.0784. The molecule has 4 nitrogen and oxygen atoms in total. The quantitative estimate of drug-likeness (QED) is 0.532. The highest BCUT2D eigenvalue weighted by atomic mass is 16.6. The van der Waals surface area contributed by atoms with Gasteiger partial charge in [-0.3, -0.25) is 9.59 Å². The van der Waals surface area contributed by atoms with Crippen LogP contribution in [0.4, 0.5) is 0 Å². The van der Waals surface area contributed by atoms with Crippen LogP contribution in [0.3, 0.4) is 0 Å². The zero-order chi connectivity index (χ0) is 15.7. The molecule has 0 radical (unpaired) electrons. The number of unbranched alkanes of at least 4 members (excludes halogenated alkanes) is 2. The van der Waals surface area contributed by atoms with Crippen molar-refractivity contribution in [3.05, 3.63) is 23.8 Å². The molecule has 0 aliphatic carbocycles. The van der Waals surface area contributed by atoms with Gasteiger partial charge in [0.15, 0.2) is 11.5 Å². The number of hydrogen-bond acceptors (Lipinski definition) is 4. The zero-order valence-electron chi connectivity index (χ0n) is 13.1. The summed E-state index contributed by atoms with van der Waals surface area (Å²) in [6.07, 6.45) is 4.18. The highest BCUT2D eigenvalue weighted by Crippen LogP contribution is 2.31. The third-order valence-corrected chi connectivity index (χ3v) is 3.08. The lowest BCUT2D eigenvalue weighted by molar-refractivity contribution is -0.137. The summed E-state index contributed by atoms with van der Waals surface area (Å²) < 4.78 is 10.7. The van der Waals surface area contributed by atoms with E-state index in [1.807, 2.05) is 26.8 Å². The van der Waals surface area contributed by atoms with Gasteiger partial charge in [-0.25, -0.2) is 0 Å². The standard InChI is InChI=1S/C17H24O4/c1-4-6-11-15(18)20-14-10-8-9-13(3)17(14)21-16(19)12-7-5-2/h8-10H,4-7,11-12H2,1-3H3. The second kappa shape index (κ2) is 9.16. The number of carbonyl (C=O) groups excluding carboxylic acids is 2. The Bertz CT molecular complexity index is 480. The summed E-state index contributed by atoms with van der Waals surface area (Å²) in [6.45, 7) is 5.86. The predicted molar refractivity (Wildman–Crippen MR) is 81.5 cm³/mol. The van der Waals surface area contributed by atoms with Gasteiger partial charge < -0.3 is 9.47 Å². The number of ether oxygens (including phenoxy) is 2. The van der Waals surface area contributed by atoms with E-state index in [2.05, 4.69) is 0 Å². The van der Waals surface area contributed by atoms with Gasteiger partial charge in [0, 0.05) is 12.8 Å². The molecule has 0 amide bonds. The zero-order valence-corrected chi connectivity index (χ0v) is 13.1. The topological polar surface area (TPSA) is 52.6 Å². The molecule has 1 aromatic rings. The molecule has 0 fully saturated rings. The van der Waals surface area contributed by atoms with E-state index >= 15 is 0 Å². The molecule has 0 saturated heterocycles. The van der Waals surface area contributed by atoms with Crippen LogP contribution >= 0.6 is 0 Å². The van der Waals surface area contributed by atoms with Crippen molar-refractivity contribution in [2.75, 3.05) is 0 Å². The molecule has 0 N–H and O–H groups in total. The maximum Gasteiger partial charge on any atom is 0.311 e. The molecule has 0 heterocycles. The van der Waals surface area contributed by atoms with Crippen LogP contribution in [0, 0.1) is 6.92 Å². The van der Waals surface area contributed by atoms with Crippen molar-refractivity contribution in [3.63, 3.8) is 0 Å². The summed E-state index contributed by atoms with van der Waals surface area (Å²) in [6, 6.07) is 5.26. The molecule has 116 valence electrons. The average Bonchev–Trinajstić information content (AvgIpc) is 2.46. The Balaban J connectivity index is 2.77. The molecule has 4 heteroatoms. The smallest absolute Gasteiger partial charge is 0.311 e. The minimum absolute atomic E-state index is 0.294. The summed E-state index contributed by atoms with van der Waals surface area (Å²) in [7, 11) is 0. The van der Waals surface area contributed by atoms with Gasteiger partial charge in [-0.1, -0.05) is 38.8 Å². The van der Waals surface area contributed by atoms with Crippen molar-refractivity contribution < 1.29 is 19.1 Å². The average molecular weight is 292 g/mol. The predicted octanol–water partition coefficient (Wildman–Crippen LogP) is 4.19. The van der Waals surface area contributed by atoms with Crippen LogP contribution in [-0.2, 0) is 9.59 Å². The van der Waals surface area contributed by atoms with E-state index in [4.69, 9.17) is 9.47 Å². The summed E-state index contributed by atoms with van der Waals surface area (Å²) in [5, 5.41) is 0. The minimum Gasteiger partial charge on any atom is -0.423 e. The minimum atomic E-state index is -0.298. The van der Waals surface area contributed by atoms with Crippen LogP contribution in [0.15, 0.2) is 18.2 Å². The van der Waals surface area contributed by atoms with Gasteiger partial charge in [0.1, 0.15) is 0 Å². The molecule has 0 aromatic heterocycles. The van der Waals surface area contributed by atoms with Crippen LogP contribution in [0.25, 0.3) is 0 Å². The van der Waals surface area contributed by atoms with E-state index in [0.29, 0.717) is 24.3 Å². The highest BCUT2D eigenvalue weighted by Gasteiger charge is 2.15. The van der Waals surface area contributed by atoms with Crippen molar-refractivity contribution in [2.45, 2.75) is 59.3 Å². The first-order valence-electron chi connectivity index (χ1n) is 7.59. The van der Waals surface area contributed by atoms with Crippen LogP contribution in [0.1, 0.15) is 57.9 Å². The number of para-hydroxylation sites is 1. The second-order valence-corrected chi connectivity index (χ2v) is 5.06. The van der Waals surface area contributed by atoms with E-state index in [-0.39, 0.29) is 11.9 Å². The Morgan fingerprint density at radius 3 is 2.10 bits per heavy atom. The van der Waals surface area contributed by atoms with Gasteiger partial charge in [-0.15, -0.1) is 0 Å². The number of hydrogen-bond donors (Lipinski definition) is 0. The maximum atomic E-state index is 11.8. The van der Waals surface area contributed by atoms with Gasteiger partial charge in [0.25, 0.3) is 0 Å². The SMILES string of the molecule is CCCCC(=O)Oc1cccc(C)c1OC(=O)CCCC. The van der Waals surface area contributed by atoms with Crippen LogP contribution in [0.2, 0.25) is 0 Å². The summed E-state index contributed by atoms with van der Waals surface area (Å²) >= 11 is 0. The third-order valence-electron chi connectivity index (χ3n) is 3.08. The first kappa shape index (κ1) is 17.2. The van der Waals surface area contributed by atoms with Crippen LogP contribution in [0.5, 0.6) is 11.5 Å². The molecule has 0 spiro atoms. The van der Waals surface area contributed by atoms with E-state index in [9.17, 15) is 9.59 Å². The van der Waals surface area contributed by atoms with Crippen molar-refractivity contribution >= 4 is 11.9 Å². The fraction of sp³-hybridized carbons (Fsp3) is 0.529. The Hall–Kier alpha value is -1.84. The molecule has 0 aliphatic heterocycles. The van der Waals surface area contributed by atoms with E-state index in [1.165, 1.54) is 0 Å². The number of rotatable bonds is 8. The van der Waals surface area contributed by atoms with Crippen molar-refractivity contribution in [1.29, 1.82) is 0 Å². The third kappa shape index (κ3) is 5.98. The first-order chi connectivity index (χ1) is 10.1. The Morgan fingerprint density at radius 1 is 0.952 bits per heavy atom. The van der Waals surface area contributed by atoms with Crippen molar-refractivity contribution in [1.82, 2.24) is 0 Å². The highest BCUT2D eigenvalue weighted by molar-refractivity contribution is 5.76. The molecule has 21 heavy (non-hydrogen) atoms. The lowest BCUT2D eigenvalue weighted by Gasteiger charge is -2.12. The molecule has 0 unspecified atom stereocenters. The van der Waals surface area contributed by atoms with Gasteiger partial charge >= 0.3 is 11.9 Å². The molecule has 0 saturated carbocycles. The summed E-state index contributed by atoms with van der Waals surface area (Å²) in [4.78, 5) is 23.5. The number of carbonyl (C=O) groups is 2. The second-order valence-electron chi connectivity index (χ2n) is 5.06. The van der Waals surface area contributed by atoms with Gasteiger partial charge in [-0.2, -0.15) is 0 Å². The van der Waals surface area contributed by atoms with Crippen molar-refractivity contribution in [3.8, 4) is 11.5 Å². The lowest BCUT2D eigenvalue weighted by atomic mass is 10.2. The molecule has 0 aliphatic rings. The first-order valence-corrected chi connectivity index (χ1v) is 7.59. The molecule has 1 aromatic carbocycles. The van der Waals surface area contributed by atoms with Crippen molar-refractivity contribution in [2.24, 2.45) is 0 Å². The fourth-order valence-electron chi connectivity index (χ4n) is 1.82. The Kier molecular flexibility index (Phi) is 7.51. The molecule has 1 rings (SSSR count). The largest absolute Gasteiger partial charge is 0.423 e. The van der Waals surface area contributed by atoms with Crippen LogP contribution in [-0.4, -0.2) is 11.9 Å². The maximum absolute atomic E-state index is 11.8. The van der Waals surface area contributed by atoms with E-state index in [0.717, 1.165) is 31.2 Å². The number of benzene rings is 1. The van der Waals surface area contributed by atoms with Gasteiger partial charge in [0.05, 0.1) is 0 Å². The van der Waals surface area contributed by atoms with E-state index < -0.39 is 0 Å². The Morgan fingerprint density at radius 2 is 1.52 bits per heavy atom. The van der Waals surface area contributed by atoms with Gasteiger partial charge in [0.2, 0.25) is 0 Å². The monoisotopic (exact) mass is 292 g/mol. The Labute approximate surface area is 126 Å². The van der Waals surface area contributed by atoms with E-state index in [1.54, 1.807) is 12.1 Å². The lowest BCUT2D eigenvalue weighted by Crippen LogP contribution is -2.12. The molecular weight excluding hydrogens is 268 g/mol. The molecule has 0 atom stereocenters. The van der Waals surface area contributed by atoms with Gasteiger partial charge in [-0.05, 0) is 31.4 Å². The molecular formula is C17H24O4. The number of aryl methyl sites for hydroxylation is 1. The fourth-order valence-corrected chi connectivity index (χ4v) is 1.82.